The number of rotatable bonds is 6. The molecule has 1 N–H and O–H groups in total. The summed E-state index contributed by atoms with van der Waals surface area (Å²) in [7, 11) is 0. The lowest BCUT2D eigenvalue weighted by Crippen LogP contribution is -2.26. The molecule has 0 fully saturated rings. The van der Waals surface area contributed by atoms with Crippen molar-refractivity contribution in [1.29, 1.82) is 0 Å². The first-order valence-corrected chi connectivity index (χ1v) is 8.14. The molecule has 114 valence electrons. The van der Waals surface area contributed by atoms with Crippen molar-refractivity contribution in [1.82, 2.24) is 5.32 Å². The lowest BCUT2D eigenvalue weighted by Gasteiger charge is -2.20. The van der Waals surface area contributed by atoms with Gasteiger partial charge in [0.1, 0.15) is 11.6 Å². The molecule has 0 amide bonds. The number of nitrogens with one attached hydrogen (secondary N) is 1. The van der Waals surface area contributed by atoms with Gasteiger partial charge in [-0.3, -0.25) is 0 Å². The Morgan fingerprint density at radius 2 is 2.00 bits per heavy atom. The molecule has 1 unspecified atom stereocenters. The van der Waals surface area contributed by atoms with Gasteiger partial charge in [0.25, 0.3) is 0 Å². The standard InChI is InChI=1S/C16H18ClF2NS/c1-3-8-20-13(9-11-5-7-14(17)21-11)15-12(18)6-4-10(2)16(15)19/h4-7,13,20H,3,8-9H2,1-2H3. The van der Waals surface area contributed by atoms with E-state index in [1.54, 1.807) is 13.0 Å². The first-order chi connectivity index (χ1) is 10.0. The average Bonchev–Trinajstić information content (AvgIpc) is 2.86. The molecule has 5 heteroatoms. The summed E-state index contributed by atoms with van der Waals surface area (Å²) in [6.07, 6.45) is 1.42. The highest BCUT2D eigenvalue weighted by molar-refractivity contribution is 7.16. The molecular weight excluding hydrogens is 312 g/mol. The van der Waals surface area contributed by atoms with Crippen LogP contribution in [0.5, 0.6) is 0 Å². The summed E-state index contributed by atoms with van der Waals surface area (Å²) >= 11 is 7.37. The van der Waals surface area contributed by atoms with Crippen molar-refractivity contribution in [3.63, 3.8) is 0 Å². The molecule has 2 rings (SSSR count). The Balaban J connectivity index is 2.33. The summed E-state index contributed by atoms with van der Waals surface area (Å²) in [5, 5.41) is 3.24. The first-order valence-electron chi connectivity index (χ1n) is 6.95. The molecule has 0 bridgehead atoms. The third-order valence-corrected chi connectivity index (χ3v) is 4.60. The molecule has 0 radical (unpaired) electrons. The Bertz CT molecular complexity index is 612. The topological polar surface area (TPSA) is 12.0 Å². The fraction of sp³-hybridized carbons (Fsp3) is 0.375. The summed E-state index contributed by atoms with van der Waals surface area (Å²) in [5.41, 5.74) is 0.576. The van der Waals surface area contributed by atoms with Crippen LogP contribution in [-0.2, 0) is 6.42 Å². The van der Waals surface area contributed by atoms with E-state index in [0.717, 1.165) is 11.3 Å². The fourth-order valence-electron chi connectivity index (χ4n) is 2.26. The number of hydrogen-bond donors (Lipinski definition) is 1. The van der Waals surface area contributed by atoms with E-state index in [1.165, 1.54) is 23.5 Å². The van der Waals surface area contributed by atoms with E-state index >= 15 is 0 Å². The molecule has 21 heavy (non-hydrogen) atoms. The summed E-state index contributed by atoms with van der Waals surface area (Å²) in [5.74, 6) is -0.972. The predicted molar refractivity (Wildman–Crippen MR) is 85.2 cm³/mol. The Hall–Kier alpha value is -0.970. The van der Waals surface area contributed by atoms with Gasteiger partial charge in [0.2, 0.25) is 0 Å². The van der Waals surface area contributed by atoms with Crippen LogP contribution in [-0.4, -0.2) is 6.54 Å². The van der Waals surface area contributed by atoms with Crippen molar-refractivity contribution in [3.8, 4) is 0 Å². The van der Waals surface area contributed by atoms with Crippen molar-refractivity contribution in [2.75, 3.05) is 6.54 Å². The molecule has 1 aromatic carbocycles. The molecule has 2 aromatic rings. The monoisotopic (exact) mass is 329 g/mol. The smallest absolute Gasteiger partial charge is 0.133 e. The minimum absolute atomic E-state index is 0.118. The molecule has 1 heterocycles. The molecule has 1 nitrogen and oxygen atoms in total. The Morgan fingerprint density at radius 1 is 1.24 bits per heavy atom. The van der Waals surface area contributed by atoms with Gasteiger partial charge in [-0.2, -0.15) is 0 Å². The van der Waals surface area contributed by atoms with Crippen LogP contribution in [0.1, 0.15) is 35.4 Å². The first kappa shape index (κ1) is 16.4. The van der Waals surface area contributed by atoms with E-state index in [0.29, 0.717) is 22.9 Å². The molecule has 1 atom stereocenters. The van der Waals surface area contributed by atoms with Crippen molar-refractivity contribution in [2.45, 2.75) is 32.7 Å². The zero-order chi connectivity index (χ0) is 15.4. The largest absolute Gasteiger partial charge is 0.309 e. The number of aryl methyl sites for hydroxylation is 1. The van der Waals surface area contributed by atoms with Crippen LogP contribution in [0.4, 0.5) is 8.78 Å². The summed E-state index contributed by atoms with van der Waals surface area (Å²) in [6.45, 7) is 4.38. The normalized spacial score (nSPS) is 12.6. The molecule has 0 spiro atoms. The fourth-order valence-corrected chi connectivity index (χ4v) is 3.39. The molecule has 0 aliphatic heterocycles. The molecule has 0 saturated carbocycles. The van der Waals surface area contributed by atoms with Crippen molar-refractivity contribution < 1.29 is 8.78 Å². The van der Waals surface area contributed by atoms with E-state index < -0.39 is 11.6 Å². The number of halogens is 3. The summed E-state index contributed by atoms with van der Waals surface area (Å²) < 4.78 is 29.1. The van der Waals surface area contributed by atoms with Gasteiger partial charge in [-0.1, -0.05) is 24.6 Å². The average molecular weight is 330 g/mol. The molecular formula is C16H18ClF2NS. The van der Waals surface area contributed by atoms with Gasteiger partial charge >= 0.3 is 0 Å². The van der Waals surface area contributed by atoms with Crippen LogP contribution in [0.2, 0.25) is 4.34 Å². The highest BCUT2D eigenvalue weighted by Crippen LogP contribution is 2.30. The zero-order valence-electron chi connectivity index (χ0n) is 12.1. The summed E-state index contributed by atoms with van der Waals surface area (Å²) in [6, 6.07) is 6.11. The van der Waals surface area contributed by atoms with E-state index in [1.807, 2.05) is 13.0 Å². The van der Waals surface area contributed by atoms with Gasteiger partial charge in [-0.25, -0.2) is 8.78 Å². The lowest BCUT2D eigenvalue weighted by molar-refractivity contribution is 0.463. The SMILES string of the molecule is CCCNC(Cc1ccc(Cl)s1)c1c(F)ccc(C)c1F. The van der Waals surface area contributed by atoms with Gasteiger partial charge in [0, 0.05) is 22.9 Å². The van der Waals surface area contributed by atoms with Crippen LogP contribution < -0.4 is 5.32 Å². The quantitative estimate of drug-likeness (QED) is 0.761. The van der Waals surface area contributed by atoms with E-state index in [4.69, 9.17) is 11.6 Å². The Morgan fingerprint density at radius 3 is 2.62 bits per heavy atom. The van der Waals surface area contributed by atoms with Crippen molar-refractivity contribution >= 4 is 22.9 Å². The second-order valence-corrected chi connectivity index (χ2v) is 6.81. The van der Waals surface area contributed by atoms with Gasteiger partial charge in [-0.15, -0.1) is 11.3 Å². The van der Waals surface area contributed by atoms with Crippen LogP contribution in [0, 0.1) is 18.6 Å². The van der Waals surface area contributed by atoms with Gasteiger partial charge < -0.3 is 5.32 Å². The number of hydrogen-bond acceptors (Lipinski definition) is 2. The second kappa shape index (κ2) is 7.34. The van der Waals surface area contributed by atoms with Crippen LogP contribution in [0.25, 0.3) is 0 Å². The maximum atomic E-state index is 14.3. The third kappa shape index (κ3) is 4.02. The highest BCUT2D eigenvalue weighted by Gasteiger charge is 2.22. The second-order valence-electron chi connectivity index (χ2n) is 5.01. The molecule has 1 aromatic heterocycles. The van der Waals surface area contributed by atoms with E-state index in [2.05, 4.69) is 5.32 Å². The third-order valence-electron chi connectivity index (χ3n) is 3.34. The lowest BCUT2D eigenvalue weighted by atomic mass is 9.99. The number of benzene rings is 1. The van der Waals surface area contributed by atoms with Crippen LogP contribution in [0.3, 0.4) is 0 Å². The van der Waals surface area contributed by atoms with Gasteiger partial charge in [-0.05, 0) is 43.7 Å². The minimum atomic E-state index is -0.505. The van der Waals surface area contributed by atoms with Crippen molar-refractivity contribution in [2.24, 2.45) is 0 Å². The maximum Gasteiger partial charge on any atom is 0.133 e. The minimum Gasteiger partial charge on any atom is -0.309 e. The van der Waals surface area contributed by atoms with E-state index in [-0.39, 0.29) is 11.6 Å². The van der Waals surface area contributed by atoms with Gasteiger partial charge in [0.15, 0.2) is 0 Å². The van der Waals surface area contributed by atoms with Gasteiger partial charge in [0.05, 0.1) is 4.34 Å². The Labute approximate surface area is 133 Å². The predicted octanol–water partition coefficient (Wildman–Crippen LogP) is 5.27. The Kier molecular flexibility index (Phi) is 5.73. The maximum absolute atomic E-state index is 14.3. The zero-order valence-corrected chi connectivity index (χ0v) is 13.6. The van der Waals surface area contributed by atoms with E-state index in [9.17, 15) is 8.78 Å². The number of thiophene rings is 1. The van der Waals surface area contributed by atoms with Crippen LogP contribution in [0.15, 0.2) is 24.3 Å². The molecule has 0 saturated heterocycles. The molecule has 0 aliphatic carbocycles. The summed E-state index contributed by atoms with van der Waals surface area (Å²) in [4.78, 5) is 1.01. The highest BCUT2D eigenvalue weighted by atomic mass is 35.5. The van der Waals surface area contributed by atoms with Crippen LogP contribution >= 0.6 is 22.9 Å². The molecule has 0 aliphatic rings. The van der Waals surface area contributed by atoms with Crippen molar-refractivity contribution in [3.05, 3.63) is 56.2 Å².